The molecule has 1 saturated heterocycles. The number of hydrogen-bond acceptors (Lipinski definition) is 4. The van der Waals surface area contributed by atoms with Gasteiger partial charge in [-0.3, -0.25) is 14.5 Å². The van der Waals surface area contributed by atoms with Gasteiger partial charge in [0.25, 0.3) is 5.91 Å². The van der Waals surface area contributed by atoms with Gasteiger partial charge in [-0.2, -0.15) is 0 Å². The third kappa shape index (κ3) is 3.85. The molecule has 1 fully saturated rings. The van der Waals surface area contributed by atoms with Gasteiger partial charge in [0, 0.05) is 11.4 Å². The topological polar surface area (TPSA) is 78.5 Å². The molecule has 2 aromatic rings. The third-order valence-electron chi connectivity index (χ3n) is 4.62. The minimum absolute atomic E-state index is 0.291. The summed E-state index contributed by atoms with van der Waals surface area (Å²) in [4.78, 5) is 39.5. The fourth-order valence-corrected chi connectivity index (χ4v) is 3.83. The lowest BCUT2D eigenvalue weighted by molar-refractivity contribution is -0.135. The molecule has 1 aromatic heterocycles. The van der Waals surface area contributed by atoms with E-state index in [2.05, 4.69) is 10.6 Å². The quantitative estimate of drug-likeness (QED) is 0.714. The molecule has 1 aliphatic heterocycles. The van der Waals surface area contributed by atoms with Gasteiger partial charge in [0.1, 0.15) is 17.9 Å². The fraction of sp³-hybridized carbons (Fsp3) is 0.316. The molecule has 4 amide bonds. The summed E-state index contributed by atoms with van der Waals surface area (Å²) in [6.45, 7) is 1.84. The summed E-state index contributed by atoms with van der Waals surface area (Å²) in [6, 6.07) is 8.72. The first-order chi connectivity index (χ1) is 13.0. The summed E-state index contributed by atoms with van der Waals surface area (Å²) in [7, 11) is 0. The van der Waals surface area contributed by atoms with Crippen molar-refractivity contribution in [1.82, 2.24) is 15.5 Å². The molecule has 8 heteroatoms. The number of thiophene rings is 1. The van der Waals surface area contributed by atoms with Crippen molar-refractivity contribution in [2.24, 2.45) is 0 Å². The summed E-state index contributed by atoms with van der Waals surface area (Å²) in [5.74, 6) is -1.33. The van der Waals surface area contributed by atoms with Crippen molar-refractivity contribution in [2.75, 3.05) is 13.1 Å². The Morgan fingerprint density at radius 1 is 1.26 bits per heavy atom. The lowest BCUT2D eigenvalue weighted by Crippen LogP contribution is -2.45. The maximum absolute atomic E-state index is 13.2. The van der Waals surface area contributed by atoms with E-state index < -0.39 is 29.2 Å². The van der Waals surface area contributed by atoms with E-state index in [4.69, 9.17) is 0 Å². The number of carbonyl (C=O) groups is 3. The zero-order chi connectivity index (χ0) is 19.4. The Labute approximate surface area is 160 Å². The van der Waals surface area contributed by atoms with Gasteiger partial charge in [0.15, 0.2) is 0 Å². The predicted octanol–water partition coefficient (Wildman–Crippen LogP) is 2.40. The Balaban J connectivity index is 1.65. The summed E-state index contributed by atoms with van der Waals surface area (Å²) in [5, 5.41) is 7.36. The van der Waals surface area contributed by atoms with Gasteiger partial charge in [-0.1, -0.05) is 25.1 Å². The molecule has 27 heavy (non-hydrogen) atoms. The van der Waals surface area contributed by atoms with Crippen LogP contribution in [-0.2, 0) is 21.5 Å². The van der Waals surface area contributed by atoms with E-state index in [1.165, 1.54) is 24.3 Å². The van der Waals surface area contributed by atoms with Crippen LogP contribution in [0.5, 0.6) is 0 Å². The Morgan fingerprint density at radius 3 is 2.63 bits per heavy atom. The number of urea groups is 1. The van der Waals surface area contributed by atoms with E-state index in [-0.39, 0.29) is 6.54 Å². The lowest BCUT2D eigenvalue weighted by Gasteiger charge is -2.25. The number of hydrogen-bond donors (Lipinski definition) is 2. The first kappa shape index (κ1) is 19.0. The van der Waals surface area contributed by atoms with Crippen LogP contribution >= 0.6 is 11.3 Å². The number of carbonyl (C=O) groups excluding carboxylic acids is 3. The molecule has 0 aliphatic carbocycles. The molecule has 1 aliphatic rings. The van der Waals surface area contributed by atoms with Crippen molar-refractivity contribution in [2.45, 2.75) is 25.3 Å². The highest BCUT2D eigenvalue weighted by Crippen LogP contribution is 2.32. The molecule has 1 aromatic carbocycles. The Hall–Kier alpha value is -2.74. The van der Waals surface area contributed by atoms with Gasteiger partial charge >= 0.3 is 6.03 Å². The number of nitrogens with one attached hydrogen (secondary N) is 2. The van der Waals surface area contributed by atoms with Gasteiger partial charge in [-0.25, -0.2) is 9.18 Å². The summed E-state index contributed by atoms with van der Waals surface area (Å²) >= 11 is 1.60. The standard InChI is InChI=1S/C19H20FN3O3S/c1-2-19(13-5-7-14(20)8-6-13)17(25)23(18(26)22-19)12-16(24)21-10-9-15-4-3-11-27-15/h3-8,11H,2,9-10,12H2,1H3,(H,21,24)(H,22,26)/t19-/m0/s1. The van der Waals surface area contributed by atoms with Gasteiger partial charge in [0.2, 0.25) is 5.91 Å². The smallest absolute Gasteiger partial charge is 0.325 e. The second-order valence-electron chi connectivity index (χ2n) is 6.27. The molecule has 1 atom stereocenters. The molecule has 142 valence electrons. The highest BCUT2D eigenvalue weighted by Gasteiger charge is 2.51. The fourth-order valence-electron chi connectivity index (χ4n) is 3.12. The third-order valence-corrected chi connectivity index (χ3v) is 5.55. The van der Waals surface area contributed by atoms with Crippen molar-refractivity contribution in [3.63, 3.8) is 0 Å². The molecule has 6 nitrogen and oxygen atoms in total. The van der Waals surface area contributed by atoms with E-state index in [0.29, 0.717) is 24.9 Å². The maximum Gasteiger partial charge on any atom is 0.325 e. The van der Waals surface area contributed by atoms with Crippen LogP contribution in [0.25, 0.3) is 0 Å². The lowest BCUT2D eigenvalue weighted by atomic mass is 9.87. The molecule has 0 radical (unpaired) electrons. The van der Waals surface area contributed by atoms with Gasteiger partial charge in [0.05, 0.1) is 0 Å². The molecule has 2 N–H and O–H groups in total. The van der Waals surface area contributed by atoms with Crippen molar-refractivity contribution in [3.8, 4) is 0 Å². The van der Waals surface area contributed by atoms with E-state index in [9.17, 15) is 18.8 Å². The predicted molar refractivity (Wildman–Crippen MR) is 99.6 cm³/mol. The number of amides is 4. The van der Waals surface area contributed by atoms with E-state index in [1.807, 2.05) is 17.5 Å². The average molecular weight is 389 g/mol. The van der Waals surface area contributed by atoms with E-state index >= 15 is 0 Å². The van der Waals surface area contributed by atoms with Crippen LogP contribution in [-0.4, -0.2) is 35.8 Å². The Bertz CT molecular complexity index is 838. The summed E-state index contributed by atoms with van der Waals surface area (Å²) < 4.78 is 13.2. The second kappa shape index (κ2) is 7.87. The van der Waals surface area contributed by atoms with Crippen LogP contribution in [0.1, 0.15) is 23.8 Å². The molecular weight excluding hydrogens is 369 g/mol. The number of benzene rings is 1. The van der Waals surface area contributed by atoms with Crippen LogP contribution in [0.3, 0.4) is 0 Å². The SMILES string of the molecule is CC[C@@]1(c2ccc(F)cc2)NC(=O)N(CC(=O)NCCc2cccs2)C1=O. The van der Waals surface area contributed by atoms with Crippen LogP contribution in [0, 0.1) is 5.82 Å². The highest BCUT2D eigenvalue weighted by atomic mass is 32.1. The molecule has 0 saturated carbocycles. The first-order valence-corrected chi connectivity index (χ1v) is 9.53. The first-order valence-electron chi connectivity index (χ1n) is 8.65. The Morgan fingerprint density at radius 2 is 2.00 bits per heavy atom. The molecule has 0 unspecified atom stereocenters. The van der Waals surface area contributed by atoms with Crippen molar-refractivity contribution in [1.29, 1.82) is 0 Å². The maximum atomic E-state index is 13.2. The van der Waals surface area contributed by atoms with E-state index in [0.717, 1.165) is 9.78 Å². The number of rotatable bonds is 7. The molecule has 3 rings (SSSR count). The molecule has 0 bridgehead atoms. The largest absolute Gasteiger partial charge is 0.354 e. The second-order valence-corrected chi connectivity index (χ2v) is 7.30. The van der Waals surface area contributed by atoms with Crippen LogP contribution in [0.15, 0.2) is 41.8 Å². The van der Waals surface area contributed by atoms with Crippen LogP contribution < -0.4 is 10.6 Å². The minimum Gasteiger partial charge on any atom is -0.354 e. The van der Waals surface area contributed by atoms with Crippen LogP contribution in [0.4, 0.5) is 9.18 Å². The highest BCUT2D eigenvalue weighted by molar-refractivity contribution is 7.09. The van der Waals surface area contributed by atoms with Crippen molar-refractivity contribution >= 4 is 29.2 Å². The van der Waals surface area contributed by atoms with E-state index in [1.54, 1.807) is 18.3 Å². The normalized spacial score (nSPS) is 19.3. The average Bonchev–Trinajstić information content (AvgIpc) is 3.25. The Kier molecular flexibility index (Phi) is 5.55. The monoisotopic (exact) mass is 389 g/mol. The van der Waals surface area contributed by atoms with Gasteiger partial charge in [-0.15, -0.1) is 11.3 Å². The minimum atomic E-state index is -1.28. The van der Waals surface area contributed by atoms with Gasteiger partial charge < -0.3 is 10.6 Å². The van der Waals surface area contributed by atoms with Crippen LogP contribution in [0.2, 0.25) is 0 Å². The summed E-state index contributed by atoms with van der Waals surface area (Å²) in [5.41, 5.74) is -0.785. The number of halogens is 1. The number of imide groups is 1. The molecule has 0 spiro atoms. The zero-order valence-electron chi connectivity index (χ0n) is 14.8. The molecule has 2 heterocycles. The van der Waals surface area contributed by atoms with Crippen molar-refractivity contribution < 1.29 is 18.8 Å². The van der Waals surface area contributed by atoms with Gasteiger partial charge in [-0.05, 0) is 42.0 Å². The zero-order valence-corrected chi connectivity index (χ0v) is 15.6. The van der Waals surface area contributed by atoms with Crippen molar-refractivity contribution in [3.05, 3.63) is 58.0 Å². The summed E-state index contributed by atoms with van der Waals surface area (Å²) in [6.07, 6.45) is 0.984. The molecular formula is C19H20FN3O3S. The number of nitrogens with zero attached hydrogens (tertiary/aromatic N) is 1.